The van der Waals surface area contributed by atoms with Gasteiger partial charge in [0.1, 0.15) is 0 Å². The zero-order chi connectivity index (χ0) is 20.5. The van der Waals surface area contributed by atoms with E-state index >= 15 is 0 Å². The third kappa shape index (κ3) is 4.26. The van der Waals surface area contributed by atoms with Crippen LogP contribution in [0.15, 0.2) is 24.3 Å². The van der Waals surface area contributed by atoms with Gasteiger partial charge in [-0.25, -0.2) is 0 Å². The van der Waals surface area contributed by atoms with Crippen molar-refractivity contribution in [2.24, 2.45) is 0 Å². The van der Waals surface area contributed by atoms with Crippen molar-refractivity contribution < 1.29 is 0 Å². The maximum atomic E-state index is 4.41. The van der Waals surface area contributed by atoms with Crippen LogP contribution < -0.4 is 0 Å². The van der Waals surface area contributed by atoms with Gasteiger partial charge >= 0.3 is 0 Å². The van der Waals surface area contributed by atoms with Crippen molar-refractivity contribution in [2.75, 3.05) is 13.1 Å². The van der Waals surface area contributed by atoms with Crippen LogP contribution in [0.25, 0.3) is 10.9 Å². The molecule has 3 heterocycles. The number of aryl methyl sites for hydroxylation is 2. The first kappa shape index (κ1) is 20.2. The molecule has 1 atom stereocenters. The number of aromatic nitrogens is 3. The monoisotopic (exact) mass is 393 g/mol. The Balaban J connectivity index is 1.54. The van der Waals surface area contributed by atoms with Crippen molar-refractivity contribution in [3.05, 3.63) is 52.5 Å². The minimum Gasteiger partial charge on any atom is -0.357 e. The first-order valence-electron chi connectivity index (χ1n) is 11.0. The molecule has 1 saturated heterocycles. The third-order valence-corrected chi connectivity index (χ3v) is 6.46. The summed E-state index contributed by atoms with van der Waals surface area (Å²) < 4.78 is 0. The number of H-pyrrole nitrogens is 2. The number of aromatic amines is 2. The Bertz CT molecular complexity index is 941. The molecular weight excluding hydrogens is 358 g/mol. The predicted molar refractivity (Wildman–Crippen MR) is 120 cm³/mol. The highest BCUT2D eigenvalue weighted by Gasteiger charge is 2.23. The van der Waals surface area contributed by atoms with Crippen molar-refractivity contribution in [3.8, 4) is 0 Å². The lowest BCUT2D eigenvalue weighted by Gasteiger charge is -2.33. The number of likely N-dealkylation sites (tertiary alicyclic amines) is 1. The molecular formula is C24H35N5. The zero-order valence-corrected chi connectivity index (χ0v) is 18.5. The number of hydrogen-bond acceptors (Lipinski definition) is 3. The van der Waals surface area contributed by atoms with Gasteiger partial charge in [0.15, 0.2) is 0 Å². The van der Waals surface area contributed by atoms with E-state index in [9.17, 15) is 0 Å². The molecule has 29 heavy (non-hydrogen) atoms. The molecule has 1 aromatic carbocycles. The van der Waals surface area contributed by atoms with E-state index in [4.69, 9.17) is 0 Å². The standard InChI is InChI=1S/C24H35N5/c1-16(2)29(19(5)24-17(3)26-27-18(24)4)14-20-8-9-23-21(12-20)13-22(25-23)15-28-10-6-7-11-28/h8-9,12-13,16,19,25H,6-7,10-11,14-15H2,1-5H3,(H,26,27). The van der Waals surface area contributed by atoms with E-state index in [-0.39, 0.29) is 0 Å². The van der Waals surface area contributed by atoms with Crippen LogP contribution in [0.3, 0.4) is 0 Å². The zero-order valence-electron chi connectivity index (χ0n) is 18.5. The highest BCUT2D eigenvalue weighted by molar-refractivity contribution is 5.81. The van der Waals surface area contributed by atoms with Crippen molar-refractivity contribution >= 4 is 10.9 Å². The van der Waals surface area contributed by atoms with Gasteiger partial charge in [-0.15, -0.1) is 0 Å². The van der Waals surface area contributed by atoms with Crippen LogP contribution in [-0.2, 0) is 13.1 Å². The van der Waals surface area contributed by atoms with E-state index < -0.39 is 0 Å². The van der Waals surface area contributed by atoms with Gasteiger partial charge < -0.3 is 4.98 Å². The second-order valence-electron chi connectivity index (χ2n) is 8.99. The molecule has 0 saturated carbocycles. The van der Waals surface area contributed by atoms with Crippen LogP contribution in [0, 0.1) is 13.8 Å². The van der Waals surface area contributed by atoms with Gasteiger partial charge in [-0.3, -0.25) is 14.9 Å². The summed E-state index contributed by atoms with van der Waals surface area (Å²) in [6.45, 7) is 15.5. The maximum Gasteiger partial charge on any atom is 0.0641 e. The fourth-order valence-electron chi connectivity index (χ4n) is 4.93. The van der Waals surface area contributed by atoms with Crippen LogP contribution in [0.2, 0.25) is 0 Å². The molecule has 3 aromatic rings. The summed E-state index contributed by atoms with van der Waals surface area (Å²) in [6, 6.07) is 9.99. The lowest BCUT2D eigenvalue weighted by atomic mass is 10.0. The van der Waals surface area contributed by atoms with E-state index in [2.05, 4.69) is 83.9 Å². The Morgan fingerprint density at radius 2 is 1.86 bits per heavy atom. The molecule has 1 aliphatic rings. The molecule has 4 rings (SSSR count). The summed E-state index contributed by atoms with van der Waals surface area (Å²) in [6.07, 6.45) is 2.67. The SMILES string of the molecule is Cc1n[nH]c(C)c1C(C)N(Cc1ccc2[nH]c(CN3CCCC3)cc2c1)C(C)C. The Labute approximate surface area is 174 Å². The lowest BCUT2D eigenvalue weighted by Crippen LogP contribution is -2.33. The summed E-state index contributed by atoms with van der Waals surface area (Å²) >= 11 is 0. The predicted octanol–water partition coefficient (Wildman–Crippen LogP) is 5.08. The Kier molecular flexibility index (Phi) is 5.79. The van der Waals surface area contributed by atoms with Gasteiger partial charge in [0.2, 0.25) is 0 Å². The molecule has 0 amide bonds. The molecule has 0 radical (unpaired) electrons. The van der Waals surface area contributed by atoms with Crippen LogP contribution in [0.4, 0.5) is 0 Å². The van der Waals surface area contributed by atoms with Gasteiger partial charge in [-0.1, -0.05) is 6.07 Å². The number of rotatable bonds is 7. The summed E-state index contributed by atoms with van der Waals surface area (Å²) in [5.74, 6) is 0. The van der Waals surface area contributed by atoms with Gasteiger partial charge in [-0.05, 0) is 84.3 Å². The van der Waals surface area contributed by atoms with E-state index in [1.807, 2.05) is 0 Å². The second-order valence-corrected chi connectivity index (χ2v) is 8.99. The average molecular weight is 394 g/mol. The highest BCUT2D eigenvalue weighted by atomic mass is 15.2. The van der Waals surface area contributed by atoms with Gasteiger partial charge in [0.05, 0.1) is 5.69 Å². The fraction of sp³-hybridized carbons (Fsp3) is 0.542. The Morgan fingerprint density at radius 3 is 2.52 bits per heavy atom. The average Bonchev–Trinajstić information content (AvgIpc) is 3.39. The summed E-state index contributed by atoms with van der Waals surface area (Å²) in [4.78, 5) is 8.72. The van der Waals surface area contributed by atoms with E-state index in [0.717, 1.165) is 18.8 Å². The van der Waals surface area contributed by atoms with Crippen molar-refractivity contribution in [2.45, 2.75) is 72.6 Å². The van der Waals surface area contributed by atoms with Gasteiger partial charge in [0.25, 0.3) is 0 Å². The fourth-order valence-corrected chi connectivity index (χ4v) is 4.93. The molecule has 0 aliphatic carbocycles. The van der Waals surface area contributed by atoms with Crippen molar-refractivity contribution in [1.29, 1.82) is 0 Å². The number of fused-ring (bicyclic) bond motifs is 1. The molecule has 0 spiro atoms. The van der Waals surface area contributed by atoms with Crippen LogP contribution >= 0.6 is 0 Å². The molecule has 1 unspecified atom stereocenters. The number of nitrogens with zero attached hydrogens (tertiary/aromatic N) is 3. The molecule has 5 nitrogen and oxygen atoms in total. The maximum absolute atomic E-state index is 4.41. The third-order valence-electron chi connectivity index (χ3n) is 6.46. The normalized spacial score (nSPS) is 16.5. The topological polar surface area (TPSA) is 51.0 Å². The molecule has 2 N–H and O–H groups in total. The van der Waals surface area contributed by atoms with Crippen molar-refractivity contribution in [1.82, 2.24) is 25.0 Å². The van der Waals surface area contributed by atoms with Gasteiger partial charge in [-0.2, -0.15) is 5.10 Å². The van der Waals surface area contributed by atoms with Crippen molar-refractivity contribution in [3.63, 3.8) is 0 Å². The van der Waals surface area contributed by atoms with Crippen LogP contribution in [0.1, 0.15) is 67.9 Å². The molecule has 156 valence electrons. The number of benzene rings is 1. The highest BCUT2D eigenvalue weighted by Crippen LogP contribution is 2.29. The Hall–Kier alpha value is -2.11. The minimum atomic E-state index is 0.321. The lowest BCUT2D eigenvalue weighted by molar-refractivity contribution is 0.154. The largest absolute Gasteiger partial charge is 0.357 e. The number of nitrogens with one attached hydrogen (secondary N) is 2. The second kappa shape index (κ2) is 8.33. The van der Waals surface area contributed by atoms with Crippen LogP contribution in [0.5, 0.6) is 0 Å². The molecule has 2 aromatic heterocycles. The first-order valence-corrected chi connectivity index (χ1v) is 11.0. The smallest absolute Gasteiger partial charge is 0.0641 e. The molecule has 1 aliphatic heterocycles. The summed E-state index contributed by atoms with van der Waals surface area (Å²) in [5.41, 5.74) is 7.55. The summed E-state index contributed by atoms with van der Waals surface area (Å²) in [7, 11) is 0. The first-order chi connectivity index (χ1) is 13.9. The van der Waals surface area contributed by atoms with E-state index in [1.165, 1.54) is 59.3 Å². The molecule has 1 fully saturated rings. The molecule has 5 heteroatoms. The van der Waals surface area contributed by atoms with E-state index in [1.54, 1.807) is 0 Å². The summed E-state index contributed by atoms with van der Waals surface area (Å²) in [5, 5.41) is 8.88. The Morgan fingerprint density at radius 1 is 1.10 bits per heavy atom. The van der Waals surface area contributed by atoms with E-state index in [0.29, 0.717) is 12.1 Å². The van der Waals surface area contributed by atoms with Gasteiger partial charge in [0, 0.05) is 53.0 Å². The minimum absolute atomic E-state index is 0.321. The number of hydrogen-bond donors (Lipinski definition) is 2. The quantitative estimate of drug-likeness (QED) is 0.589. The molecule has 0 bridgehead atoms. The van der Waals surface area contributed by atoms with Crippen LogP contribution in [-0.4, -0.2) is 44.1 Å².